The number of para-hydroxylation sites is 1. The highest BCUT2D eigenvalue weighted by molar-refractivity contribution is 7.91. The maximum absolute atomic E-state index is 12.3. The number of sulfonamides is 1. The van der Waals surface area contributed by atoms with Gasteiger partial charge in [0.15, 0.2) is 0 Å². The summed E-state index contributed by atoms with van der Waals surface area (Å²) >= 11 is 1.16. The van der Waals surface area contributed by atoms with Crippen molar-refractivity contribution in [2.45, 2.75) is 23.6 Å². The Morgan fingerprint density at radius 3 is 2.71 bits per heavy atom. The Morgan fingerprint density at radius 2 is 2.04 bits per heavy atom. The lowest BCUT2D eigenvalue weighted by atomic mass is 10.1. The van der Waals surface area contributed by atoms with E-state index in [0.717, 1.165) is 26.9 Å². The van der Waals surface area contributed by atoms with Crippen molar-refractivity contribution in [2.24, 2.45) is 0 Å². The van der Waals surface area contributed by atoms with Crippen molar-refractivity contribution in [3.05, 3.63) is 53.5 Å². The molecule has 0 amide bonds. The summed E-state index contributed by atoms with van der Waals surface area (Å²) in [5.41, 5.74) is 1.38. The molecule has 6 nitrogen and oxygen atoms in total. The van der Waals surface area contributed by atoms with Crippen LogP contribution in [-0.2, 0) is 16.4 Å². The summed E-state index contributed by atoms with van der Waals surface area (Å²) in [6.07, 6.45) is 0.873. The van der Waals surface area contributed by atoms with Crippen LogP contribution in [0.15, 0.2) is 52.2 Å². The predicted molar refractivity (Wildman–Crippen MR) is 93.2 cm³/mol. The van der Waals surface area contributed by atoms with Crippen LogP contribution in [0, 0.1) is 0 Å². The quantitative estimate of drug-likeness (QED) is 0.728. The molecule has 0 aliphatic heterocycles. The van der Waals surface area contributed by atoms with Crippen molar-refractivity contribution in [2.75, 3.05) is 0 Å². The minimum Gasteiger partial charge on any atom is -0.464 e. The lowest BCUT2D eigenvalue weighted by Gasteiger charge is -2.13. The Labute approximate surface area is 143 Å². The van der Waals surface area contributed by atoms with E-state index in [4.69, 9.17) is 0 Å². The number of nitrogens with zero attached hydrogens (tertiary/aromatic N) is 1. The van der Waals surface area contributed by atoms with E-state index in [1.54, 1.807) is 42.8 Å². The Morgan fingerprint density at radius 1 is 1.29 bits per heavy atom. The zero-order valence-corrected chi connectivity index (χ0v) is 14.5. The van der Waals surface area contributed by atoms with E-state index in [2.05, 4.69) is 4.72 Å². The number of aromatic nitrogens is 1. The average molecular weight is 364 g/mol. The number of benzene rings is 1. The number of thiophene rings is 1. The van der Waals surface area contributed by atoms with E-state index < -0.39 is 16.1 Å². The van der Waals surface area contributed by atoms with Crippen LogP contribution >= 0.6 is 11.3 Å². The summed E-state index contributed by atoms with van der Waals surface area (Å²) in [6.45, 7) is 1.76. The number of carbonyl (C=O) groups is 1. The normalized spacial score (nSPS) is 13.2. The van der Waals surface area contributed by atoms with Gasteiger partial charge in [0.1, 0.15) is 4.21 Å². The number of fused-ring (bicyclic) bond motifs is 1. The van der Waals surface area contributed by atoms with Gasteiger partial charge in [-0.25, -0.2) is 17.9 Å². The van der Waals surface area contributed by atoms with Crippen LogP contribution in [-0.4, -0.2) is 30.2 Å². The lowest BCUT2D eigenvalue weighted by molar-refractivity contribution is 0.197. The van der Waals surface area contributed by atoms with Gasteiger partial charge in [-0.3, -0.25) is 4.57 Å². The van der Waals surface area contributed by atoms with Crippen molar-refractivity contribution in [3.63, 3.8) is 0 Å². The van der Waals surface area contributed by atoms with Gasteiger partial charge in [0, 0.05) is 17.6 Å². The summed E-state index contributed by atoms with van der Waals surface area (Å²) < 4.78 is 28.6. The third-order valence-corrected chi connectivity index (χ3v) is 6.63. The molecule has 0 bridgehead atoms. The molecule has 0 aliphatic carbocycles. The van der Waals surface area contributed by atoms with Crippen LogP contribution in [0.2, 0.25) is 0 Å². The number of carboxylic acid groups (broad SMARTS) is 1. The summed E-state index contributed by atoms with van der Waals surface area (Å²) in [5, 5.41) is 11.8. The third-order valence-electron chi connectivity index (χ3n) is 3.64. The van der Waals surface area contributed by atoms with Gasteiger partial charge in [-0.15, -0.1) is 11.3 Å². The first-order valence-electron chi connectivity index (χ1n) is 7.26. The Hall–Kier alpha value is -2.16. The fourth-order valence-electron chi connectivity index (χ4n) is 2.68. The smallest absolute Gasteiger partial charge is 0.416 e. The molecule has 0 fully saturated rings. The van der Waals surface area contributed by atoms with Gasteiger partial charge in [-0.1, -0.05) is 24.3 Å². The van der Waals surface area contributed by atoms with Gasteiger partial charge >= 0.3 is 6.09 Å². The molecule has 0 unspecified atom stereocenters. The van der Waals surface area contributed by atoms with E-state index in [9.17, 15) is 18.3 Å². The molecule has 0 aliphatic rings. The van der Waals surface area contributed by atoms with E-state index in [0.29, 0.717) is 11.9 Å². The maximum atomic E-state index is 12.3. The van der Waals surface area contributed by atoms with E-state index in [1.165, 1.54) is 0 Å². The summed E-state index contributed by atoms with van der Waals surface area (Å²) in [5.74, 6) is 0. The second-order valence-electron chi connectivity index (χ2n) is 5.48. The predicted octanol–water partition coefficient (Wildman–Crippen LogP) is 3.14. The highest BCUT2D eigenvalue weighted by atomic mass is 32.2. The van der Waals surface area contributed by atoms with Crippen molar-refractivity contribution in [1.82, 2.24) is 9.29 Å². The molecule has 8 heteroatoms. The summed E-state index contributed by atoms with van der Waals surface area (Å²) in [7, 11) is -3.55. The molecular weight excluding hydrogens is 348 g/mol. The largest absolute Gasteiger partial charge is 0.464 e. The van der Waals surface area contributed by atoms with Gasteiger partial charge < -0.3 is 5.11 Å². The maximum Gasteiger partial charge on any atom is 0.416 e. The molecular formula is C16H16N2O4S2. The molecule has 1 aromatic carbocycles. The van der Waals surface area contributed by atoms with Gasteiger partial charge in [-0.2, -0.15) is 0 Å². The topological polar surface area (TPSA) is 88.4 Å². The van der Waals surface area contributed by atoms with Gasteiger partial charge in [0.05, 0.1) is 5.52 Å². The molecule has 2 aromatic heterocycles. The summed E-state index contributed by atoms with van der Waals surface area (Å²) in [6, 6.07) is 10.0. The first-order valence-corrected chi connectivity index (χ1v) is 9.63. The Balaban J connectivity index is 1.86. The van der Waals surface area contributed by atoms with Crippen molar-refractivity contribution >= 4 is 38.4 Å². The second kappa shape index (κ2) is 6.39. The zero-order chi connectivity index (χ0) is 17.3. The highest BCUT2D eigenvalue weighted by Gasteiger charge is 2.20. The number of rotatable bonds is 5. The molecule has 0 saturated carbocycles. The molecule has 24 heavy (non-hydrogen) atoms. The second-order valence-corrected chi connectivity index (χ2v) is 8.37. The number of hydrogen-bond acceptors (Lipinski definition) is 4. The molecule has 2 N–H and O–H groups in total. The molecule has 1 atom stereocenters. The molecule has 2 heterocycles. The van der Waals surface area contributed by atoms with Gasteiger partial charge in [0.25, 0.3) is 0 Å². The van der Waals surface area contributed by atoms with Crippen molar-refractivity contribution in [1.29, 1.82) is 0 Å². The average Bonchev–Trinajstić information content (AvgIpc) is 3.15. The van der Waals surface area contributed by atoms with Crippen LogP contribution in [0.25, 0.3) is 10.9 Å². The van der Waals surface area contributed by atoms with Crippen LogP contribution in [0.4, 0.5) is 4.79 Å². The first kappa shape index (κ1) is 16.7. The Bertz CT molecular complexity index is 975. The van der Waals surface area contributed by atoms with E-state index in [1.807, 2.05) is 12.1 Å². The molecule has 0 spiro atoms. The molecule has 126 valence electrons. The standard InChI is InChI=1S/C16H16N2O4S2/c1-11(17-24(21,22)15-7-4-8-23-15)9-12-10-18(16(19)20)14-6-3-2-5-13(12)14/h2-8,10-11,17H,9H2,1H3,(H,19,20)/t11-/m1/s1. The lowest BCUT2D eigenvalue weighted by Crippen LogP contribution is -2.33. The zero-order valence-electron chi connectivity index (χ0n) is 12.8. The SMILES string of the molecule is C[C@H](Cc1cn(C(=O)O)c2ccccc12)NS(=O)(=O)c1cccs1. The molecule has 3 aromatic rings. The molecule has 3 rings (SSSR count). The van der Waals surface area contributed by atoms with Crippen LogP contribution < -0.4 is 4.72 Å². The van der Waals surface area contributed by atoms with E-state index >= 15 is 0 Å². The van der Waals surface area contributed by atoms with E-state index in [-0.39, 0.29) is 10.3 Å². The minimum absolute atomic E-state index is 0.266. The van der Waals surface area contributed by atoms with Crippen molar-refractivity contribution < 1.29 is 18.3 Å². The van der Waals surface area contributed by atoms with Crippen LogP contribution in [0.1, 0.15) is 12.5 Å². The number of nitrogens with one attached hydrogen (secondary N) is 1. The Kier molecular flexibility index (Phi) is 4.44. The minimum atomic E-state index is -3.55. The fraction of sp³-hybridized carbons (Fsp3) is 0.188. The van der Waals surface area contributed by atoms with Crippen LogP contribution in [0.3, 0.4) is 0 Å². The first-order chi connectivity index (χ1) is 11.4. The molecule has 0 radical (unpaired) electrons. The third kappa shape index (κ3) is 3.21. The van der Waals surface area contributed by atoms with Gasteiger partial charge in [-0.05, 0) is 36.4 Å². The number of hydrogen-bond donors (Lipinski definition) is 2. The van der Waals surface area contributed by atoms with Crippen molar-refractivity contribution in [3.8, 4) is 0 Å². The van der Waals surface area contributed by atoms with Gasteiger partial charge in [0.2, 0.25) is 10.0 Å². The van der Waals surface area contributed by atoms with Crippen LogP contribution in [0.5, 0.6) is 0 Å². The summed E-state index contributed by atoms with van der Waals surface area (Å²) in [4.78, 5) is 11.4. The highest BCUT2D eigenvalue weighted by Crippen LogP contribution is 2.23. The monoisotopic (exact) mass is 364 g/mol. The molecule has 0 saturated heterocycles. The fourth-order valence-corrected chi connectivity index (χ4v) is 4.94.